The number of allylic oxidation sites excluding steroid dienone is 1. The first-order valence-electron chi connectivity index (χ1n) is 2.07. The number of halogens is 2. The molecule has 2 nitrogen and oxygen atoms in total. The standard InChI is InChI=1S/C4H5Cl2O2P/c1-9(6,8)3-2-4(5)7/h2-3H,1H3/b3-2+. The van der Waals surface area contributed by atoms with Crippen molar-refractivity contribution in [3.63, 3.8) is 0 Å². The predicted molar refractivity (Wildman–Crippen MR) is 39.4 cm³/mol. The summed E-state index contributed by atoms with van der Waals surface area (Å²) < 4.78 is 10.6. The Labute approximate surface area is 63.0 Å². The molecule has 0 saturated carbocycles. The van der Waals surface area contributed by atoms with Crippen LogP contribution in [0.15, 0.2) is 11.9 Å². The zero-order chi connectivity index (χ0) is 7.49. The quantitative estimate of drug-likeness (QED) is 0.377. The van der Waals surface area contributed by atoms with Crippen molar-refractivity contribution in [2.75, 3.05) is 6.66 Å². The molecule has 1 unspecified atom stereocenters. The fourth-order valence-corrected chi connectivity index (χ4v) is 0.913. The van der Waals surface area contributed by atoms with Gasteiger partial charge in [-0.25, -0.2) is 0 Å². The van der Waals surface area contributed by atoms with Crippen molar-refractivity contribution >= 4 is 34.6 Å². The molecule has 0 aliphatic carbocycles. The molecule has 0 aromatic rings. The first-order chi connectivity index (χ1) is 3.92. The van der Waals surface area contributed by atoms with Gasteiger partial charge in [0.2, 0.25) is 5.24 Å². The summed E-state index contributed by atoms with van der Waals surface area (Å²) in [6.07, 6.45) is 0.981. The van der Waals surface area contributed by atoms with Gasteiger partial charge in [-0.05, 0) is 28.7 Å². The minimum Gasteiger partial charge on any atom is -0.302 e. The molecule has 0 N–H and O–H groups in total. The fraction of sp³-hybridized carbons (Fsp3) is 0.250. The number of hydrogen-bond donors (Lipinski definition) is 0. The monoisotopic (exact) mass is 186 g/mol. The summed E-state index contributed by atoms with van der Waals surface area (Å²) in [4.78, 5) is 9.99. The highest BCUT2D eigenvalue weighted by atomic mass is 35.7. The Morgan fingerprint density at radius 3 is 2.22 bits per heavy atom. The first-order valence-corrected chi connectivity index (χ1v) is 5.58. The van der Waals surface area contributed by atoms with Crippen molar-refractivity contribution in [1.82, 2.24) is 0 Å². The highest BCUT2D eigenvalue weighted by molar-refractivity contribution is 7.91. The van der Waals surface area contributed by atoms with Gasteiger partial charge in [0.05, 0.1) is 0 Å². The first kappa shape index (κ1) is 9.22. The molecule has 0 rings (SSSR count). The van der Waals surface area contributed by atoms with Gasteiger partial charge in [-0.1, -0.05) is 0 Å². The van der Waals surface area contributed by atoms with Gasteiger partial charge in [0.1, 0.15) is 0 Å². The Balaban J connectivity index is 4.02. The van der Waals surface area contributed by atoms with Crippen molar-refractivity contribution in [3.05, 3.63) is 11.9 Å². The Morgan fingerprint density at radius 2 is 2.11 bits per heavy atom. The van der Waals surface area contributed by atoms with Crippen molar-refractivity contribution < 1.29 is 9.36 Å². The van der Waals surface area contributed by atoms with Crippen LogP contribution in [0.1, 0.15) is 0 Å². The summed E-state index contributed by atoms with van der Waals surface area (Å²) in [5, 5.41) is -0.669. The normalized spacial score (nSPS) is 17.7. The zero-order valence-corrected chi connectivity index (χ0v) is 7.08. The van der Waals surface area contributed by atoms with Gasteiger partial charge in [-0.2, -0.15) is 0 Å². The topological polar surface area (TPSA) is 34.1 Å². The third kappa shape index (κ3) is 8.22. The summed E-state index contributed by atoms with van der Waals surface area (Å²) in [6, 6.07) is 0. The molecule has 0 spiro atoms. The highest BCUT2D eigenvalue weighted by Crippen LogP contribution is 2.48. The van der Waals surface area contributed by atoms with Crippen molar-refractivity contribution in [1.29, 1.82) is 0 Å². The molecule has 0 bridgehead atoms. The number of carbonyl (C=O) groups excluding carboxylic acids is 1. The lowest BCUT2D eigenvalue weighted by atomic mass is 10.7. The van der Waals surface area contributed by atoms with Crippen LogP contribution in [0.5, 0.6) is 0 Å². The Kier molecular flexibility index (Phi) is 3.49. The largest absolute Gasteiger partial charge is 0.302 e. The molecule has 9 heavy (non-hydrogen) atoms. The maximum Gasteiger partial charge on any atom is 0.245 e. The molecule has 0 amide bonds. The Morgan fingerprint density at radius 1 is 1.67 bits per heavy atom. The van der Waals surface area contributed by atoms with E-state index in [9.17, 15) is 9.36 Å². The second-order valence-electron chi connectivity index (χ2n) is 1.50. The lowest BCUT2D eigenvalue weighted by Crippen LogP contribution is -1.72. The maximum absolute atomic E-state index is 10.6. The lowest BCUT2D eigenvalue weighted by molar-refractivity contribution is -0.107. The maximum atomic E-state index is 10.6. The van der Waals surface area contributed by atoms with Crippen LogP contribution in [0.25, 0.3) is 0 Å². The van der Waals surface area contributed by atoms with Crippen LogP contribution in [0.3, 0.4) is 0 Å². The van der Waals surface area contributed by atoms with Crippen LogP contribution in [0.4, 0.5) is 0 Å². The molecule has 52 valence electrons. The number of hydrogen-bond acceptors (Lipinski definition) is 2. The molecule has 1 atom stereocenters. The Hall–Kier alpha value is 0.220. The molecule has 0 heterocycles. The molecule has 5 heteroatoms. The van der Waals surface area contributed by atoms with Crippen molar-refractivity contribution in [3.8, 4) is 0 Å². The van der Waals surface area contributed by atoms with Gasteiger partial charge in [0.25, 0.3) is 0 Å². The summed E-state index contributed by atoms with van der Waals surface area (Å²) in [5.74, 6) is 1.10. The molecular weight excluding hydrogens is 182 g/mol. The molecule has 0 aromatic heterocycles. The fourth-order valence-electron chi connectivity index (χ4n) is 0.192. The molecule has 0 aromatic carbocycles. The molecule has 0 aliphatic rings. The van der Waals surface area contributed by atoms with E-state index in [1.807, 2.05) is 0 Å². The molecule has 0 fully saturated rings. The summed E-state index contributed by atoms with van der Waals surface area (Å²) in [6.45, 7) is -1.41. The van der Waals surface area contributed by atoms with E-state index in [4.69, 9.17) is 22.8 Å². The third-order valence-electron chi connectivity index (χ3n) is 0.472. The minimum absolute atomic E-state index is 0.669. The van der Waals surface area contributed by atoms with E-state index in [0.29, 0.717) is 0 Å². The van der Waals surface area contributed by atoms with Gasteiger partial charge < -0.3 is 4.57 Å². The SMILES string of the molecule is CP(=O)(Cl)/C=C/C(=O)Cl. The van der Waals surface area contributed by atoms with E-state index >= 15 is 0 Å². The van der Waals surface area contributed by atoms with Gasteiger partial charge in [-0.3, -0.25) is 4.79 Å². The Bertz CT molecular complexity index is 181. The van der Waals surface area contributed by atoms with Crippen molar-refractivity contribution in [2.24, 2.45) is 0 Å². The molecule has 0 saturated heterocycles. The average molecular weight is 187 g/mol. The number of rotatable bonds is 2. The van der Waals surface area contributed by atoms with Gasteiger partial charge in [-0.15, -0.1) is 0 Å². The molecule has 0 aliphatic heterocycles. The van der Waals surface area contributed by atoms with Crippen LogP contribution in [-0.4, -0.2) is 11.9 Å². The highest BCUT2D eigenvalue weighted by Gasteiger charge is 2.02. The van der Waals surface area contributed by atoms with E-state index in [-0.39, 0.29) is 0 Å². The van der Waals surface area contributed by atoms with Crippen LogP contribution >= 0.6 is 29.3 Å². The van der Waals surface area contributed by atoms with E-state index < -0.39 is 11.7 Å². The summed E-state index contributed by atoms with van der Waals surface area (Å²) in [5.41, 5.74) is 0. The number of carbonyl (C=O) groups is 1. The summed E-state index contributed by atoms with van der Waals surface area (Å²) >= 11 is 10.1. The smallest absolute Gasteiger partial charge is 0.245 e. The van der Waals surface area contributed by atoms with Crippen LogP contribution < -0.4 is 0 Å². The summed E-state index contributed by atoms with van der Waals surface area (Å²) in [7, 11) is 0. The molecular formula is C4H5Cl2O2P. The average Bonchev–Trinajstić information content (AvgIpc) is 1.59. The molecule has 0 radical (unpaired) electrons. The van der Waals surface area contributed by atoms with Crippen LogP contribution in [-0.2, 0) is 9.36 Å². The zero-order valence-electron chi connectivity index (χ0n) is 4.67. The minimum atomic E-state index is -2.73. The van der Waals surface area contributed by atoms with E-state index in [1.165, 1.54) is 6.66 Å². The van der Waals surface area contributed by atoms with E-state index in [0.717, 1.165) is 11.9 Å². The van der Waals surface area contributed by atoms with E-state index in [1.54, 1.807) is 0 Å². The van der Waals surface area contributed by atoms with Gasteiger partial charge in [0, 0.05) is 12.7 Å². The third-order valence-corrected chi connectivity index (χ3v) is 1.62. The lowest BCUT2D eigenvalue weighted by Gasteiger charge is -1.89. The second-order valence-corrected chi connectivity index (χ2v) is 5.95. The van der Waals surface area contributed by atoms with E-state index in [2.05, 4.69) is 0 Å². The van der Waals surface area contributed by atoms with Crippen molar-refractivity contribution in [2.45, 2.75) is 0 Å². The predicted octanol–water partition coefficient (Wildman–Crippen LogP) is 2.41. The van der Waals surface area contributed by atoms with Gasteiger partial charge in [0.15, 0.2) is 6.49 Å². The van der Waals surface area contributed by atoms with Crippen LogP contribution in [0.2, 0.25) is 0 Å². The second kappa shape index (κ2) is 3.40. The van der Waals surface area contributed by atoms with Crippen LogP contribution in [0, 0.1) is 0 Å². The van der Waals surface area contributed by atoms with Gasteiger partial charge >= 0.3 is 0 Å².